The molecule has 1 amide bonds. The maximum absolute atomic E-state index is 13.3. The third-order valence-corrected chi connectivity index (χ3v) is 7.46. The third-order valence-electron chi connectivity index (χ3n) is 5.46. The number of ether oxygens (including phenoxy) is 1. The van der Waals surface area contributed by atoms with Gasteiger partial charge in [0.25, 0.3) is 5.91 Å². The van der Waals surface area contributed by atoms with E-state index in [0.29, 0.717) is 18.7 Å². The van der Waals surface area contributed by atoms with Gasteiger partial charge in [-0.05, 0) is 68.5 Å². The van der Waals surface area contributed by atoms with E-state index >= 15 is 0 Å². The van der Waals surface area contributed by atoms with Gasteiger partial charge in [0.1, 0.15) is 10.6 Å². The summed E-state index contributed by atoms with van der Waals surface area (Å²) in [4.78, 5) is 15.0. The summed E-state index contributed by atoms with van der Waals surface area (Å²) < 4.78 is 33.4. The molecule has 1 aliphatic carbocycles. The minimum absolute atomic E-state index is 0.0342. The predicted molar refractivity (Wildman–Crippen MR) is 115 cm³/mol. The normalized spacial score (nSPS) is 19.1. The van der Waals surface area contributed by atoms with Crippen LogP contribution in [0.3, 0.4) is 0 Å². The highest BCUT2D eigenvalue weighted by molar-refractivity contribution is 7.89. The second-order valence-electron chi connectivity index (χ2n) is 7.70. The number of amides is 1. The summed E-state index contributed by atoms with van der Waals surface area (Å²) in [5.41, 5.74) is 1.37. The Morgan fingerprint density at radius 2 is 1.90 bits per heavy atom. The van der Waals surface area contributed by atoms with Gasteiger partial charge in [0.2, 0.25) is 10.0 Å². The second-order valence-corrected chi connectivity index (χ2v) is 9.79. The molecule has 2 aromatic rings. The van der Waals surface area contributed by atoms with Crippen molar-refractivity contribution in [3.05, 3.63) is 58.6 Å². The number of benzene rings is 2. The molecule has 4 rings (SSSR count). The molecule has 1 saturated carbocycles. The molecule has 2 fully saturated rings. The second kappa shape index (κ2) is 8.57. The predicted octanol–water partition coefficient (Wildman–Crippen LogP) is 4.16. The number of carbonyl (C=O) groups excluding carboxylic acids is 1. The van der Waals surface area contributed by atoms with E-state index in [4.69, 9.17) is 16.3 Å². The van der Waals surface area contributed by atoms with Crippen LogP contribution in [-0.4, -0.2) is 38.4 Å². The Bertz CT molecular complexity index is 1040. The molecule has 2 aliphatic rings. The Kier molecular flexibility index (Phi) is 6.04. The topological polar surface area (TPSA) is 75.7 Å². The Labute approximate surface area is 182 Å². The minimum Gasteiger partial charge on any atom is -0.494 e. The molecule has 1 N–H and O–H groups in total. The maximum atomic E-state index is 13.3. The number of likely N-dealkylation sites (tertiary alicyclic amines) is 1. The van der Waals surface area contributed by atoms with Gasteiger partial charge < -0.3 is 9.64 Å². The van der Waals surface area contributed by atoms with Crippen LogP contribution in [-0.2, 0) is 10.0 Å². The van der Waals surface area contributed by atoms with Crippen molar-refractivity contribution < 1.29 is 17.9 Å². The smallest absolute Gasteiger partial charge is 0.254 e. The molecule has 0 bridgehead atoms. The molecule has 1 heterocycles. The van der Waals surface area contributed by atoms with Crippen LogP contribution in [0.5, 0.6) is 5.75 Å². The fourth-order valence-electron chi connectivity index (χ4n) is 3.80. The lowest BCUT2D eigenvalue weighted by molar-refractivity contribution is 0.0735. The first-order valence-corrected chi connectivity index (χ1v) is 12.1. The molecule has 0 radical (unpaired) electrons. The Hall–Kier alpha value is -2.09. The molecule has 160 valence electrons. The summed E-state index contributed by atoms with van der Waals surface area (Å²) in [6.07, 6.45) is 3.41. The van der Waals surface area contributed by atoms with Crippen LogP contribution in [0.4, 0.5) is 0 Å². The summed E-state index contributed by atoms with van der Waals surface area (Å²) in [5.74, 6) is 0.610. The van der Waals surface area contributed by atoms with E-state index in [-0.39, 0.29) is 27.9 Å². The van der Waals surface area contributed by atoms with Crippen LogP contribution in [0.2, 0.25) is 5.02 Å². The van der Waals surface area contributed by atoms with Crippen molar-refractivity contribution in [2.75, 3.05) is 13.2 Å². The highest BCUT2D eigenvalue weighted by Gasteiger charge is 2.33. The molecule has 1 unspecified atom stereocenters. The molecular weight excluding hydrogens is 424 g/mol. The first-order valence-electron chi connectivity index (χ1n) is 10.2. The van der Waals surface area contributed by atoms with Crippen molar-refractivity contribution in [2.24, 2.45) is 0 Å². The molecular formula is C22H25ClN2O4S. The first kappa shape index (κ1) is 21.2. The molecule has 6 nitrogen and oxygen atoms in total. The Morgan fingerprint density at radius 3 is 2.57 bits per heavy atom. The van der Waals surface area contributed by atoms with E-state index in [9.17, 15) is 13.2 Å². The molecule has 8 heteroatoms. The number of nitrogens with one attached hydrogen (secondary N) is 1. The monoisotopic (exact) mass is 448 g/mol. The van der Waals surface area contributed by atoms with Crippen molar-refractivity contribution in [1.29, 1.82) is 0 Å². The van der Waals surface area contributed by atoms with E-state index in [2.05, 4.69) is 4.72 Å². The van der Waals surface area contributed by atoms with E-state index in [1.165, 1.54) is 12.1 Å². The minimum atomic E-state index is -3.75. The number of rotatable bonds is 7. The largest absolute Gasteiger partial charge is 0.494 e. The van der Waals surface area contributed by atoms with Crippen LogP contribution >= 0.6 is 11.6 Å². The molecule has 30 heavy (non-hydrogen) atoms. The number of carbonyl (C=O) groups is 1. The van der Waals surface area contributed by atoms with Gasteiger partial charge in [0, 0.05) is 18.2 Å². The molecule has 2 aromatic carbocycles. The van der Waals surface area contributed by atoms with Crippen LogP contribution in [0.15, 0.2) is 47.4 Å². The van der Waals surface area contributed by atoms with Crippen molar-refractivity contribution in [1.82, 2.24) is 9.62 Å². The summed E-state index contributed by atoms with van der Waals surface area (Å²) in [6, 6.07) is 12.2. The zero-order chi connectivity index (χ0) is 21.3. The van der Waals surface area contributed by atoms with Crippen LogP contribution in [0.1, 0.15) is 54.6 Å². The van der Waals surface area contributed by atoms with Gasteiger partial charge in [-0.2, -0.15) is 0 Å². The fourth-order valence-corrected chi connectivity index (χ4v) is 5.63. The Morgan fingerprint density at radius 1 is 1.17 bits per heavy atom. The summed E-state index contributed by atoms with van der Waals surface area (Å²) in [7, 11) is -3.75. The number of sulfonamides is 1. The average molecular weight is 449 g/mol. The highest BCUT2D eigenvalue weighted by Crippen LogP contribution is 2.35. The quantitative estimate of drug-likeness (QED) is 0.690. The molecule has 0 aromatic heterocycles. The van der Waals surface area contributed by atoms with E-state index < -0.39 is 10.0 Å². The number of hydrogen-bond donors (Lipinski definition) is 1. The van der Waals surface area contributed by atoms with Gasteiger partial charge in [-0.1, -0.05) is 23.7 Å². The molecule has 0 spiro atoms. The van der Waals surface area contributed by atoms with Crippen molar-refractivity contribution in [2.45, 2.75) is 49.6 Å². The summed E-state index contributed by atoms with van der Waals surface area (Å²) in [5, 5.41) is 0.115. The zero-order valence-corrected chi connectivity index (χ0v) is 18.4. The van der Waals surface area contributed by atoms with Gasteiger partial charge >= 0.3 is 0 Å². The van der Waals surface area contributed by atoms with Crippen molar-refractivity contribution in [3.8, 4) is 5.75 Å². The van der Waals surface area contributed by atoms with Gasteiger partial charge in [0.15, 0.2) is 0 Å². The molecule has 1 saturated heterocycles. The average Bonchev–Trinajstić information content (AvgIpc) is 3.39. The van der Waals surface area contributed by atoms with E-state index in [1.54, 1.807) is 6.07 Å². The SMILES string of the molecule is CCOc1ccc(C2CCCN2C(=O)c2ccc(Cl)c(S(=O)(=O)NC3CC3)c2)cc1. The zero-order valence-electron chi connectivity index (χ0n) is 16.8. The number of halogens is 1. The number of nitrogens with zero attached hydrogens (tertiary/aromatic N) is 1. The van der Waals surface area contributed by atoms with E-state index in [1.807, 2.05) is 36.1 Å². The van der Waals surface area contributed by atoms with Crippen LogP contribution < -0.4 is 9.46 Å². The fraction of sp³-hybridized carbons (Fsp3) is 0.409. The summed E-state index contributed by atoms with van der Waals surface area (Å²) >= 11 is 6.16. The van der Waals surface area contributed by atoms with Crippen LogP contribution in [0.25, 0.3) is 0 Å². The molecule has 1 atom stereocenters. The molecule has 1 aliphatic heterocycles. The van der Waals surface area contributed by atoms with Crippen molar-refractivity contribution in [3.63, 3.8) is 0 Å². The van der Waals surface area contributed by atoms with Gasteiger partial charge in [-0.3, -0.25) is 4.79 Å². The van der Waals surface area contributed by atoms with Gasteiger partial charge in [-0.15, -0.1) is 0 Å². The maximum Gasteiger partial charge on any atom is 0.254 e. The van der Waals surface area contributed by atoms with E-state index in [0.717, 1.165) is 37.0 Å². The van der Waals surface area contributed by atoms with Gasteiger partial charge in [0.05, 0.1) is 17.7 Å². The highest BCUT2D eigenvalue weighted by atomic mass is 35.5. The van der Waals surface area contributed by atoms with Crippen LogP contribution in [0, 0.1) is 0 Å². The lowest BCUT2D eigenvalue weighted by Gasteiger charge is -2.25. The third kappa shape index (κ3) is 4.48. The van der Waals surface area contributed by atoms with Gasteiger partial charge in [-0.25, -0.2) is 13.1 Å². The Balaban J connectivity index is 1.58. The lowest BCUT2D eigenvalue weighted by atomic mass is 10.0. The standard InChI is InChI=1S/C22H25ClN2O4S/c1-2-29-18-10-5-15(6-11-18)20-4-3-13-25(20)22(26)16-7-12-19(23)21(14-16)30(27,28)24-17-8-9-17/h5-7,10-12,14,17,20,24H,2-4,8-9,13H2,1H3. The summed E-state index contributed by atoms with van der Waals surface area (Å²) in [6.45, 7) is 3.17. The number of hydrogen-bond acceptors (Lipinski definition) is 4. The lowest BCUT2D eigenvalue weighted by Crippen LogP contribution is -2.31. The first-order chi connectivity index (χ1) is 14.4. The van der Waals surface area contributed by atoms with Crippen molar-refractivity contribution >= 4 is 27.5 Å².